The van der Waals surface area contributed by atoms with Crippen LogP contribution in [0.4, 0.5) is 0 Å². The molecular weight excluding hydrogens is 817 g/mol. The van der Waals surface area contributed by atoms with Crippen LogP contribution in [0, 0.1) is 26.7 Å². The zero-order valence-electron chi connectivity index (χ0n) is 47.0. The van der Waals surface area contributed by atoms with Gasteiger partial charge in [-0.1, -0.05) is 304 Å². The first-order chi connectivity index (χ1) is 33.4. The number of fused-ring (bicyclic) bond motifs is 4. The topological polar surface area (TPSA) is 0 Å². The maximum atomic E-state index is 2.36. The second-order valence-corrected chi connectivity index (χ2v) is 16.2. The fourth-order valence-corrected chi connectivity index (χ4v) is 7.99. The summed E-state index contributed by atoms with van der Waals surface area (Å²) in [6.07, 6.45) is 15.4. The van der Waals surface area contributed by atoms with Crippen LogP contribution < -0.4 is 0 Å². The summed E-state index contributed by atoms with van der Waals surface area (Å²) in [6, 6.07) is 57.4. The highest BCUT2D eigenvalue weighted by Crippen LogP contribution is 2.31. The molecule has 0 heterocycles. The Morgan fingerprint density at radius 1 is 0.324 bits per heavy atom. The van der Waals surface area contributed by atoms with Gasteiger partial charge in [0.25, 0.3) is 0 Å². The standard InChI is InChI=1S/C11H10.C11H14.C10H12.C10H8.C7H14.C7H8.6C2H6/c1-9-5-4-7-10-6-2-3-8-11(9)10;1-9-6-7-10-4-2-3-5-11(10)8-9;1-8-6-7-9-4-2-3-5-10(8)9;1-2-6-10-8-4-3-7-9(10)5-1;2*1-7-5-3-2-4-6-7;6*1-2/h2-8H,1H3;6-8H,2-5H2,1H3;2-5,8H,6-7H2,1H3;1-8H;7H,2-6H2,1H3;2-6H,1H3;6*1-2H3. The van der Waals surface area contributed by atoms with Crippen molar-refractivity contribution >= 4 is 21.5 Å². The van der Waals surface area contributed by atoms with Gasteiger partial charge < -0.3 is 0 Å². The van der Waals surface area contributed by atoms with E-state index in [1.54, 1.807) is 22.3 Å². The van der Waals surface area contributed by atoms with Gasteiger partial charge in [-0.05, 0) is 120 Å². The molecule has 1 fully saturated rings. The minimum absolute atomic E-state index is 0.802. The van der Waals surface area contributed by atoms with E-state index >= 15 is 0 Å². The second-order valence-electron chi connectivity index (χ2n) is 16.2. The monoisotopic (exact) mass is 919 g/mol. The highest BCUT2D eigenvalue weighted by molar-refractivity contribution is 5.85. The van der Waals surface area contributed by atoms with Gasteiger partial charge in [-0.25, -0.2) is 0 Å². The van der Waals surface area contributed by atoms with Crippen LogP contribution in [0.2, 0.25) is 0 Å². The lowest BCUT2D eigenvalue weighted by molar-refractivity contribution is 0.385. The van der Waals surface area contributed by atoms with Crippen LogP contribution in [0.15, 0.2) is 164 Å². The SMILES string of the molecule is CC.CC.CC.CC.CC.CC.CC1CCCCC1.CC1CCc2ccccc21.Cc1ccc2c(c1)CCCC2.Cc1cccc2ccccc12.Cc1ccccc1.c1ccc2ccccc2c1. The molecule has 1 atom stereocenters. The van der Waals surface area contributed by atoms with Crippen molar-refractivity contribution in [1.29, 1.82) is 0 Å². The number of benzene rings is 7. The molecule has 0 heteroatoms. The number of hydrogen-bond donors (Lipinski definition) is 0. The van der Waals surface area contributed by atoms with E-state index in [4.69, 9.17) is 0 Å². The lowest BCUT2D eigenvalue weighted by atomic mass is 9.91. The maximum absolute atomic E-state index is 2.36. The third kappa shape index (κ3) is 27.2. The van der Waals surface area contributed by atoms with Gasteiger partial charge >= 0.3 is 0 Å². The summed E-state index contributed by atoms with van der Waals surface area (Å²) in [4.78, 5) is 0. The minimum Gasteiger partial charge on any atom is -0.0683 e. The molecule has 3 aliphatic rings. The van der Waals surface area contributed by atoms with E-state index in [1.807, 2.05) is 101 Å². The molecule has 0 N–H and O–H groups in total. The lowest BCUT2D eigenvalue weighted by Crippen LogP contribution is -2.01. The van der Waals surface area contributed by atoms with Gasteiger partial charge in [-0.15, -0.1) is 0 Å². The molecule has 7 aromatic carbocycles. The van der Waals surface area contributed by atoms with Gasteiger partial charge in [0.15, 0.2) is 0 Å². The van der Waals surface area contributed by atoms with Crippen LogP contribution in [0.5, 0.6) is 0 Å². The average molecular weight is 920 g/mol. The highest BCUT2D eigenvalue weighted by atomic mass is 14.2. The second kappa shape index (κ2) is 44.6. The molecule has 0 bridgehead atoms. The van der Waals surface area contributed by atoms with Gasteiger partial charge in [0, 0.05) is 0 Å². The summed E-state index contributed by atoms with van der Waals surface area (Å²) < 4.78 is 0. The molecule has 0 saturated heterocycles. The van der Waals surface area contributed by atoms with Gasteiger partial charge in [0.1, 0.15) is 0 Å². The average Bonchev–Trinajstić information content (AvgIpc) is 3.81. The first-order valence-corrected chi connectivity index (χ1v) is 27.4. The van der Waals surface area contributed by atoms with E-state index < -0.39 is 0 Å². The zero-order valence-corrected chi connectivity index (χ0v) is 47.0. The maximum Gasteiger partial charge on any atom is -0.0155 e. The van der Waals surface area contributed by atoms with Crippen molar-refractivity contribution in [3.8, 4) is 0 Å². The molecule has 0 radical (unpaired) electrons. The summed E-state index contributed by atoms with van der Waals surface area (Å²) in [5.41, 5.74) is 10.4. The highest BCUT2D eigenvalue weighted by Gasteiger charge is 2.16. The minimum atomic E-state index is 0.802. The van der Waals surface area contributed by atoms with Crippen molar-refractivity contribution < 1.29 is 0 Å². The van der Waals surface area contributed by atoms with E-state index in [9.17, 15) is 0 Å². The quantitative estimate of drug-likeness (QED) is 0.142. The number of aryl methyl sites for hydroxylation is 6. The van der Waals surface area contributed by atoms with Crippen LogP contribution in [0.1, 0.15) is 193 Å². The number of hydrogen-bond acceptors (Lipinski definition) is 0. The van der Waals surface area contributed by atoms with Crippen molar-refractivity contribution in [2.45, 2.75) is 194 Å². The van der Waals surface area contributed by atoms with Crippen LogP contribution in [-0.2, 0) is 19.3 Å². The zero-order chi connectivity index (χ0) is 51.4. The fourth-order valence-electron chi connectivity index (χ4n) is 7.99. The van der Waals surface area contributed by atoms with Gasteiger partial charge in [0.2, 0.25) is 0 Å². The summed E-state index contributed by atoms with van der Waals surface area (Å²) in [6.45, 7) is 35.1. The van der Waals surface area contributed by atoms with Crippen LogP contribution in [0.25, 0.3) is 21.5 Å². The van der Waals surface area contributed by atoms with Crippen molar-refractivity contribution in [2.75, 3.05) is 0 Å². The van der Waals surface area contributed by atoms with Gasteiger partial charge in [-0.3, -0.25) is 0 Å². The van der Waals surface area contributed by atoms with Crippen molar-refractivity contribution in [3.63, 3.8) is 0 Å². The van der Waals surface area contributed by atoms with Crippen molar-refractivity contribution in [2.24, 2.45) is 5.92 Å². The molecular formula is C68H102. The first-order valence-electron chi connectivity index (χ1n) is 27.4. The molecule has 0 amide bonds. The molecule has 0 aromatic heterocycles. The summed E-state index contributed by atoms with van der Waals surface area (Å²) in [5.74, 6) is 1.84. The van der Waals surface area contributed by atoms with E-state index in [0.29, 0.717) is 0 Å². The molecule has 10 rings (SSSR count). The third-order valence-electron chi connectivity index (χ3n) is 11.4. The normalized spacial score (nSPS) is 13.1. The molecule has 68 heavy (non-hydrogen) atoms. The first kappa shape index (κ1) is 65.1. The summed E-state index contributed by atoms with van der Waals surface area (Å²) in [7, 11) is 0. The van der Waals surface area contributed by atoms with E-state index in [0.717, 1.165) is 11.8 Å². The Bertz CT molecular complexity index is 2080. The van der Waals surface area contributed by atoms with Crippen molar-refractivity contribution in [3.05, 3.63) is 203 Å². The Labute approximate surface area is 422 Å². The largest absolute Gasteiger partial charge is 0.0683 e. The molecule has 3 aliphatic carbocycles. The molecule has 7 aromatic rings. The van der Waals surface area contributed by atoms with Crippen LogP contribution >= 0.6 is 0 Å². The lowest BCUT2D eigenvalue weighted by Gasteiger charge is -2.15. The Balaban J connectivity index is 0. The van der Waals surface area contributed by atoms with E-state index in [-0.39, 0.29) is 0 Å². The Hall–Kier alpha value is -4.94. The molecule has 0 nitrogen and oxygen atoms in total. The molecule has 1 saturated carbocycles. The summed E-state index contributed by atoms with van der Waals surface area (Å²) >= 11 is 0. The molecule has 0 spiro atoms. The molecule has 1 unspecified atom stereocenters. The van der Waals surface area contributed by atoms with E-state index in [1.165, 1.54) is 109 Å². The van der Waals surface area contributed by atoms with Crippen molar-refractivity contribution in [1.82, 2.24) is 0 Å². The van der Waals surface area contributed by atoms with Crippen LogP contribution in [-0.4, -0.2) is 0 Å². The predicted octanol–water partition coefficient (Wildman–Crippen LogP) is 22.3. The van der Waals surface area contributed by atoms with Gasteiger partial charge in [-0.2, -0.15) is 0 Å². The summed E-state index contributed by atoms with van der Waals surface area (Å²) in [5, 5.41) is 5.30. The van der Waals surface area contributed by atoms with Crippen LogP contribution in [0.3, 0.4) is 0 Å². The predicted molar refractivity (Wildman–Crippen MR) is 315 cm³/mol. The molecule has 0 aliphatic heterocycles. The Morgan fingerprint density at radius 3 is 1.25 bits per heavy atom. The molecule has 374 valence electrons. The third-order valence-corrected chi connectivity index (χ3v) is 11.4. The number of rotatable bonds is 0. The Kier molecular flexibility index (Phi) is 42.7. The fraction of sp³-hybridized carbons (Fsp3) is 0.441. The van der Waals surface area contributed by atoms with Gasteiger partial charge in [0.05, 0.1) is 0 Å². The smallest absolute Gasteiger partial charge is 0.0155 e. The van der Waals surface area contributed by atoms with E-state index in [2.05, 4.69) is 180 Å². The Morgan fingerprint density at radius 2 is 0.779 bits per heavy atom.